The highest BCUT2D eigenvalue weighted by molar-refractivity contribution is 7.89. The number of hydrogen-bond donors (Lipinski definition) is 2. The first-order valence-corrected chi connectivity index (χ1v) is 9.65. The maximum absolute atomic E-state index is 12.6. The van der Waals surface area contributed by atoms with Crippen LogP contribution in [-0.2, 0) is 10.0 Å². The van der Waals surface area contributed by atoms with E-state index < -0.39 is 28.6 Å². The van der Waals surface area contributed by atoms with Gasteiger partial charge in [-0.2, -0.15) is 8.78 Å². The quantitative estimate of drug-likeness (QED) is 0.716. The number of benzene rings is 2. The SMILES string of the molecule is CCC(NC(=O)c1cccc(S(=O)(=O)NC)c1)c1ccccc1OC(F)F. The Hall–Kier alpha value is -2.52. The highest BCUT2D eigenvalue weighted by Gasteiger charge is 2.20. The molecule has 0 spiro atoms. The molecule has 0 radical (unpaired) electrons. The molecule has 0 aromatic heterocycles. The van der Waals surface area contributed by atoms with Crippen molar-refractivity contribution in [2.24, 2.45) is 0 Å². The average Bonchev–Trinajstić information content (AvgIpc) is 2.66. The number of nitrogens with one attached hydrogen (secondary N) is 2. The monoisotopic (exact) mass is 398 g/mol. The van der Waals surface area contributed by atoms with Crippen LogP contribution in [0.1, 0.15) is 35.3 Å². The second-order valence-electron chi connectivity index (χ2n) is 5.59. The Kier molecular flexibility index (Phi) is 6.86. The lowest BCUT2D eigenvalue weighted by atomic mass is 10.0. The normalized spacial score (nSPS) is 12.6. The average molecular weight is 398 g/mol. The summed E-state index contributed by atoms with van der Waals surface area (Å²) in [5, 5.41) is 2.73. The lowest BCUT2D eigenvalue weighted by Crippen LogP contribution is -2.29. The molecule has 2 N–H and O–H groups in total. The molecule has 9 heteroatoms. The van der Waals surface area contributed by atoms with Gasteiger partial charge in [-0.05, 0) is 37.7 Å². The minimum absolute atomic E-state index is 0.0221. The maximum Gasteiger partial charge on any atom is 0.387 e. The van der Waals surface area contributed by atoms with Gasteiger partial charge in [0.25, 0.3) is 5.91 Å². The molecule has 0 saturated carbocycles. The number of ether oxygens (including phenoxy) is 1. The minimum Gasteiger partial charge on any atom is -0.434 e. The van der Waals surface area contributed by atoms with Crippen LogP contribution in [-0.4, -0.2) is 28.0 Å². The van der Waals surface area contributed by atoms with Crippen LogP contribution in [0.4, 0.5) is 8.78 Å². The Balaban J connectivity index is 2.28. The molecule has 1 unspecified atom stereocenters. The van der Waals surface area contributed by atoms with Crippen molar-refractivity contribution in [1.82, 2.24) is 10.0 Å². The van der Waals surface area contributed by atoms with E-state index in [0.717, 1.165) is 0 Å². The molecule has 0 saturated heterocycles. The third-order valence-corrected chi connectivity index (χ3v) is 5.31. The van der Waals surface area contributed by atoms with E-state index >= 15 is 0 Å². The van der Waals surface area contributed by atoms with Gasteiger partial charge in [-0.25, -0.2) is 13.1 Å². The van der Waals surface area contributed by atoms with E-state index in [1.54, 1.807) is 25.1 Å². The summed E-state index contributed by atoms with van der Waals surface area (Å²) in [6, 6.07) is 11.2. The Morgan fingerprint density at radius 1 is 1.15 bits per heavy atom. The van der Waals surface area contributed by atoms with Gasteiger partial charge in [0.1, 0.15) is 5.75 Å². The smallest absolute Gasteiger partial charge is 0.387 e. The van der Waals surface area contributed by atoms with Crippen molar-refractivity contribution in [3.8, 4) is 5.75 Å². The lowest BCUT2D eigenvalue weighted by Gasteiger charge is -2.20. The Labute approximate surface area is 156 Å². The maximum atomic E-state index is 12.6. The molecule has 0 heterocycles. The zero-order valence-electron chi connectivity index (χ0n) is 14.8. The van der Waals surface area contributed by atoms with Crippen LogP contribution in [0.25, 0.3) is 0 Å². The zero-order valence-corrected chi connectivity index (χ0v) is 15.6. The highest BCUT2D eigenvalue weighted by atomic mass is 32.2. The van der Waals surface area contributed by atoms with Crippen molar-refractivity contribution in [2.45, 2.75) is 30.9 Å². The van der Waals surface area contributed by atoms with Gasteiger partial charge in [-0.15, -0.1) is 0 Å². The van der Waals surface area contributed by atoms with E-state index in [4.69, 9.17) is 0 Å². The van der Waals surface area contributed by atoms with Gasteiger partial charge >= 0.3 is 6.61 Å². The van der Waals surface area contributed by atoms with Crippen LogP contribution in [0.3, 0.4) is 0 Å². The second kappa shape index (κ2) is 8.92. The van der Waals surface area contributed by atoms with Gasteiger partial charge in [0, 0.05) is 11.1 Å². The summed E-state index contributed by atoms with van der Waals surface area (Å²) in [5.74, 6) is -0.548. The van der Waals surface area contributed by atoms with Crippen LogP contribution in [0.5, 0.6) is 5.75 Å². The molecule has 2 aromatic rings. The first-order valence-electron chi connectivity index (χ1n) is 8.16. The summed E-state index contributed by atoms with van der Waals surface area (Å²) in [7, 11) is -2.42. The standard InChI is InChI=1S/C18H20F2N2O4S/c1-3-15(14-9-4-5-10-16(14)26-18(19)20)22-17(23)12-7-6-8-13(11-12)27(24,25)21-2/h4-11,15,18,21H,3H2,1-2H3,(H,22,23). The summed E-state index contributed by atoms with van der Waals surface area (Å²) in [6.45, 7) is -1.20. The van der Waals surface area contributed by atoms with Crippen molar-refractivity contribution in [3.63, 3.8) is 0 Å². The number of hydrogen-bond acceptors (Lipinski definition) is 4. The molecule has 0 bridgehead atoms. The Morgan fingerprint density at radius 3 is 2.48 bits per heavy atom. The van der Waals surface area contributed by atoms with E-state index in [9.17, 15) is 22.0 Å². The van der Waals surface area contributed by atoms with E-state index in [0.29, 0.717) is 12.0 Å². The van der Waals surface area contributed by atoms with Gasteiger partial charge in [-0.3, -0.25) is 4.79 Å². The molecule has 1 atom stereocenters. The lowest BCUT2D eigenvalue weighted by molar-refractivity contribution is -0.0506. The number of sulfonamides is 1. The van der Waals surface area contributed by atoms with Crippen molar-refractivity contribution in [1.29, 1.82) is 0 Å². The minimum atomic E-state index is -3.69. The van der Waals surface area contributed by atoms with Crippen molar-refractivity contribution in [3.05, 3.63) is 59.7 Å². The van der Waals surface area contributed by atoms with Crippen LogP contribution in [0.15, 0.2) is 53.4 Å². The van der Waals surface area contributed by atoms with Gasteiger partial charge in [0.2, 0.25) is 10.0 Å². The number of rotatable bonds is 8. The first-order chi connectivity index (χ1) is 12.8. The predicted octanol–water partition coefficient (Wildman–Crippen LogP) is 3.08. The van der Waals surface area contributed by atoms with Gasteiger partial charge in [-0.1, -0.05) is 31.2 Å². The van der Waals surface area contributed by atoms with Crippen molar-refractivity contribution < 1.29 is 26.7 Å². The van der Waals surface area contributed by atoms with Crippen LogP contribution < -0.4 is 14.8 Å². The third-order valence-electron chi connectivity index (χ3n) is 3.90. The predicted molar refractivity (Wildman–Crippen MR) is 96.3 cm³/mol. The molecule has 27 heavy (non-hydrogen) atoms. The Morgan fingerprint density at radius 2 is 1.85 bits per heavy atom. The summed E-state index contributed by atoms with van der Waals surface area (Å²) in [5.41, 5.74) is 0.546. The van der Waals surface area contributed by atoms with Crippen molar-refractivity contribution >= 4 is 15.9 Å². The summed E-state index contributed by atoms with van der Waals surface area (Å²) < 4.78 is 55.7. The molecule has 2 rings (SSSR count). The fraction of sp³-hybridized carbons (Fsp3) is 0.278. The van der Waals surface area contributed by atoms with E-state index in [1.165, 1.54) is 37.4 Å². The van der Waals surface area contributed by atoms with Crippen LogP contribution in [0.2, 0.25) is 0 Å². The number of amides is 1. The highest BCUT2D eigenvalue weighted by Crippen LogP contribution is 2.28. The summed E-state index contributed by atoms with van der Waals surface area (Å²) in [6.07, 6.45) is 0.420. The number of carbonyl (C=O) groups is 1. The molecule has 0 aliphatic carbocycles. The van der Waals surface area contributed by atoms with Gasteiger partial charge in [0.05, 0.1) is 10.9 Å². The van der Waals surface area contributed by atoms with E-state index in [1.807, 2.05) is 0 Å². The Bertz CT molecular complexity index is 904. The molecule has 1 amide bonds. The molecule has 146 valence electrons. The summed E-state index contributed by atoms with van der Waals surface area (Å²) >= 11 is 0. The van der Waals surface area contributed by atoms with Crippen LogP contribution in [0, 0.1) is 0 Å². The first kappa shape index (κ1) is 20.8. The molecule has 6 nitrogen and oxygen atoms in total. The van der Waals surface area contributed by atoms with E-state index in [2.05, 4.69) is 14.8 Å². The topological polar surface area (TPSA) is 84.5 Å². The largest absolute Gasteiger partial charge is 0.434 e. The fourth-order valence-electron chi connectivity index (χ4n) is 2.54. The van der Waals surface area contributed by atoms with Gasteiger partial charge in [0.15, 0.2) is 0 Å². The molecule has 0 aliphatic heterocycles. The number of halogens is 2. The van der Waals surface area contributed by atoms with Crippen molar-refractivity contribution in [2.75, 3.05) is 7.05 Å². The summed E-state index contributed by atoms with van der Waals surface area (Å²) in [4.78, 5) is 12.5. The van der Waals surface area contributed by atoms with Gasteiger partial charge < -0.3 is 10.1 Å². The molecule has 0 aliphatic rings. The number of para-hydroxylation sites is 1. The third kappa shape index (κ3) is 5.24. The second-order valence-corrected chi connectivity index (χ2v) is 7.47. The zero-order chi connectivity index (χ0) is 20.0. The van der Waals surface area contributed by atoms with E-state index in [-0.39, 0.29) is 16.2 Å². The van der Waals surface area contributed by atoms with Crippen LogP contribution >= 0.6 is 0 Å². The fourth-order valence-corrected chi connectivity index (χ4v) is 3.31. The molecule has 2 aromatic carbocycles. The molecular weight excluding hydrogens is 378 g/mol. The molecule has 0 fully saturated rings. The molecular formula is C18H20F2N2O4S. The number of alkyl halides is 2. The number of carbonyl (C=O) groups excluding carboxylic acids is 1.